The molecule has 4 saturated carbocycles. The van der Waals surface area contributed by atoms with Gasteiger partial charge >= 0.3 is 229 Å². The van der Waals surface area contributed by atoms with Gasteiger partial charge in [-0.3, -0.25) is 0 Å². The van der Waals surface area contributed by atoms with Crippen molar-refractivity contribution in [1.29, 1.82) is 0 Å². The molecule has 2 aromatic heterocycles. The summed E-state index contributed by atoms with van der Waals surface area (Å²) in [6.07, 6.45) is 8.21. The van der Waals surface area contributed by atoms with Gasteiger partial charge in [0.1, 0.15) is 0 Å². The first kappa shape index (κ1) is 23.7. The Labute approximate surface area is 228 Å². The number of rotatable bonds is 2. The van der Waals surface area contributed by atoms with E-state index in [0.29, 0.717) is 5.56 Å². The molecule has 37 heavy (non-hydrogen) atoms. The predicted octanol–water partition coefficient (Wildman–Crippen LogP) is 5.34. The number of aryl methyl sites for hydroxylation is 1. The van der Waals surface area contributed by atoms with Crippen LogP contribution in [0.1, 0.15) is 44.1 Å². The van der Waals surface area contributed by atoms with Crippen molar-refractivity contribution in [1.82, 2.24) is 7.12 Å². The molecule has 4 aliphatic carbocycles. The molecular formula is C31H30N2O2Se2. The number of hydrogen-bond donors (Lipinski definition) is 0. The molecule has 4 bridgehead atoms. The minimum atomic E-state index is 0.0724. The van der Waals surface area contributed by atoms with E-state index in [4.69, 9.17) is 0 Å². The van der Waals surface area contributed by atoms with Crippen molar-refractivity contribution in [2.75, 3.05) is 0 Å². The second-order valence-electron chi connectivity index (χ2n) is 11.4. The van der Waals surface area contributed by atoms with Gasteiger partial charge in [0.15, 0.2) is 0 Å². The summed E-state index contributed by atoms with van der Waals surface area (Å²) in [6.45, 7) is 2.05. The SMILES string of the molecule is Cc1ccc(-n2[se]c3ccccc3c2=O)cc1.O=c1c2ccccc2[se]n1C12CC3CC(CC(C3)C1)C2. The molecule has 4 nitrogen and oxygen atoms in total. The average Bonchev–Trinajstić information content (AvgIpc) is 3.42. The van der Waals surface area contributed by atoms with E-state index in [1.807, 2.05) is 64.2 Å². The molecular weight excluding hydrogens is 590 g/mol. The maximum atomic E-state index is 12.9. The summed E-state index contributed by atoms with van der Waals surface area (Å²) in [5, 5.41) is 1.84. The van der Waals surface area contributed by atoms with E-state index in [0.717, 1.165) is 34.2 Å². The van der Waals surface area contributed by atoms with Gasteiger partial charge in [-0.1, -0.05) is 0 Å². The van der Waals surface area contributed by atoms with Gasteiger partial charge in [-0.15, -0.1) is 0 Å². The van der Waals surface area contributed by atoms with Crippen molar-refractivity contribution >= 4 is 48.8 Å². The fraction of sp³-hybridized carbons (Fsp3) is 0.355. The third kappa shape index (κ3) is 4.10. The molecule has 0 amide bonds. The van der Waals surface area contributed by atoms with Gasteiger partial charge in [0.05, 0.1) is 0 Å². The van der Waals surface area contributed by atoms with Crippen molar-refractivity contribution < 1.29 is 0 Å². The van der Waals surface area contributed by atoms with Crippen LogP contribution < -0.4 is 11.1 Å². The molecule has 4 fully saturated rings. The molecule has 0 unspecified atom stereocenters. The number of nitrogens with zero attached hydrogens (tertiary/aromatic N) is 2. The van der Waals surface area contributed by atoms with Crippen LogP contribution >= 0.6 is 0 Å². The van der Waals surface area contributed by atoms with E-state index in [2.05, 4.69) is 22.6 Å². The zero-order chi connectivity index (χ0) is 25.1. The van der Waals surface area contributed by atoms with Crippen LogP contribution in [0, 0.1) is 24.7 Å². The zero-order valence-electron chi connectivity index (χ0n) is 20.9. The molecule has 0 N–H and O–H groups in total. The van der Waals surface area contributed by atoms with Gasteiger partial charge in [0.25, 0.3) is 0 Å². The molecule has 0 radical (unpaired) electrons. The Morgan fingerprint density at radius 3 is 1.73 bits per heavy atom. The molecule has 6 heteroatoms. The van der Waals surface area contributed by atoms with Crippen molar-refractivity contribution in [2.45, 2.75) is 51.0 Å². The third-order valence-electron chi connectivity index (χ3n) is 8.69. The second-order valence-corrected chi connectivity index (χ2v) is 15.5. The summed E-state index contributed by atoms with van der Waals surface area (Å²) in [5.41, 5.74) is 2.92. The van der Waals surface area contributed by atoms with Gasteiger partial charge in [0.2, 0.25) is 0 Å². The van der Waals surface area contributed by atoms with Gasteiger partial charge in [-0.2, -0.15) is 0 Å². The topological polar surface area (TPSA) is 44.0 Å². The van der Waals surface area contributed by atoms with Crippen LogP contribution in [0.4, 0.5) is 0 Å². The molecule has 2 heterocycles. The fourth-order valence-electron chi connectivity index (χ4n) is 7.42. The van der Waals surface area contributed by atoms with Crippen molar-refractivity contribution in [3.63, 3.8) is 0 Å². The average molecular weight is 621 g/mol. The molecule has 0 aliphatic heterocycles. The van der Waals surface area contributed by atoms with Crippen LogP contribution in [0.2, 0.25) is 0 Å². The first-order valence-electron chi connectivity index (χ1n) is 13.3. The summed E-state index contributed by atoms with van der Waals surface area (Å²) in [6, 6.07) is 24.3. The Hall–Kier alpha value is -2.36. The maximum absolute atomic E-state index is 12.9. The van der Waals surface area contributed by atoms with E-state index in [1.54, 1.807) is 0 Å². The molecule has 4 aliphatic rings. The van der Waals surface area contributed by atoms with Crippen LogP contribution in [0.15, 0.2) is 82.4 Å². The molecule has 3 aromatic carbocycles. The van der Waals surface area contributed by atoms with Gasteiger partial charge in [-0.25, -0.2) is 0 Å². The van der Waals surface area contributed by atoms with Crippen LogP contribution in [-0.2, 0) is 5.54 Å². The Bertz CT molecular complexity index is 1680. The first-order chi connectivity index (χ1) is 18.0. The number of hydrogen-bond acceptors (Lipinski definition) is 2. The second kappa shape index (κ2) is 9.13. The Morgan fingerprint density at radius 1 is 0.676 bits per heavy atom. The summed E-state index contributed by atoms with van der Waals surface area (Å²) in [4.78, 5) is 25.1. The zero-order valence-corrected chi connectivity index (χ0v) is 24.4. The number of fused-ring (bicyclic) bond motifs is 2. The predicted molar refractivity (Wildman–Crippen MR) is 153 cm³/mol. The van der Waals surface area contributed by atoms with E-state index >= 15 is 0 Å². The summed E-state index contributed by atoms with van der Waals surface area (Å²) >= 11 is 0.294. The van der Waals surface area contributed by atoms with Crippen molar-refractivity contribution in [3.05, 3.63) is 99.1 Å². The van der Waals surface area contributed by atoms with Gasteiger partial charge < -0.3 is 0 Å². The van der Waals surface area contributed by atoms with E-state index in [9.17, 15) is 9.59 Å². The van der Waals surface area contributed by atoms with Gasteiger partial charge in [0, 0.05) is 0 Å². The minimum absolute atomic E-state index is 0.0724. The fourth-order valence-corrected chi connectivity index (χ4v) is 12.0. The van der Waals surface area contributed by atoms with Crippen LogP contribution in [0.3, 0.4) is 0 Å². The Balaban J connectivity index is 0.000000127. The number of aromatic nitrogens is 2. The molecule has 9 rings (SSSR count). The summed E-state index contributed by atoms with van der Waals surface area (Å²) < 4.78 is 6.69. The van der Waals surface area contributed by atoms with E-state index in [-0.39, 0.29) is 40.6 Å². The van der Waals surface area contributed by atoms with Gasteiger partial charge in [-0.05, 0) is 0 Å². The molecule has 0 saturated heterocycles. The first-order valence-corrected chi connectivity index (χ1v) is 16.5. The molecule has 0 atom stereocenters. The van der Waals surface area contributed by atoms with Crippen LogP contribution in [0.25, 0.3) is 25.0 Å². The third-order valence-corrected chi connectivity index (χ3v) is 13.7. The Morgan fingerprint density at radius 2 is 1.19 bits per heavy atom. The standard InChI is InChI=1S/C17H19NOSe.C14H11NOSe/c19-16-14-3-1-2-4-15(14)20-18(16)17-8-11-5-12(9-17)7-13(6-11)10-17;1-10-6-8-11(9-7-10)15-14(16)12-4-2-3-5-13(12)17-15/h1-4,11-13H,5-10H2;2-9H,1H3. The van der Waals surface area contributed by atoms with E-state index in [1.165, 1.54) is 52.6 Å². The quantitative estimate of drug-likeness (QED) is 0.250. The molecule has 188 valence electrons. The molecule has 0 spiro atoms. The summed E-state index contributed by atoms with van der Waals surface area (Å²) in [5.74, 6) is 2.73. The van der Waals surface area contributed by atoms with Crippen LogP contribution in [-0.4, -0.2) is 36.6 Å². The van der Waals surface area contributed by atoms with Crippen molar-refractivity contribution in [3.8, 4) is 5.69 Å². The monoisotopic (exact) mass is 622 g/mol. The molecule has 5 aromatic rings. The summed E-state index contributed by atoms with van der Waals surface area (Å²) in [7, 11) is 0. The Kier molecular flexibility index (Phi) is 5.86. The van der Waals surface area contributed by atoms with E-state index < -0.39 is 0 Å². The van der Waals surface area contributed by atoms with Crippen LogP contribution in [0.5, 0.6) is 0 Å². The number of benzene rings is 3. The normalized spacial score (nSPS) is 25.9. The van der Waals surface area contributed by atoms with Crippen molar-refractivity contribution in [2.24, 2.45) is 17.8 Å².